The molecular weight excluding hydrogens is 276 g/mol. The molecule has 1 saturated heterocycles. The van der Waals surface area contributed by atoms with Crippen LogP contribution in [0.15, 0.2) is 24.3 Å². The molecule has 2 N–H and O–H groups in total. The van der Waals surface area contributed by atoms with Gasteiger partial charge in [-0.3, -0.25) is 14.5 Å². The van der Waals surface area contributed by atoms with E-state index in [4.69, 9.17) is 0 Å². The fraction of sp³-hybridized carbons (Fsp3) is 0.429. The molecule has 0 aromatic heterocycles. The van der Waals surface area contributed by atoms with Gasteiger partial charge in [0, 0.05) is 17.7 Å². The Balaban J connectivity index is 2.16. The lowest BCUT2D eigenvalue weighted by molar-refractivity contribution is -0.133. The molecule has 2 aliphatic heterocycles. The van der Waals surface area contributed by atoms with E-state index in [1.54, 1.807) is 18.2 Å². The number of aliphatic hydroxyl groups is 1. The zero-order chi connectivity index (χ0) is 14.3. The van der Waals surface area contributed by atoms with E-state index in [9.17, 15) is 14.7 Å². The molecule has 1 aromatic carbocycles. The largest absolute Gasteiger partial charge is 0.366 e. The summed E-state index contributed by atoms with van der Waals surface area (Å²) in [5.74, 6) is -0.511. The number of rotatable bonds is 1. The SMILES string of the molecule is CSC1CCNC(=O)CN2C(=O)c3ccccc3C12O. The summed E-state index contributed by atoms with van der Waals surface area (Å²) in [6, 6.07) is 7.06. The van der Waals surface area contributed by atoms with Crippen LogP contribution >= 0.6 is 11.8 Å². The quantitative estimate of drug-likeness (QED) is 0.792. The molecule has 2 aliphatic rings. The number of hydrogen-bond donors (Lipinski definition) is 2. The molecule has 0 spiro atoms. The highest BCUT2D eigenvalue weighted by atomic mass is 32.2. The van der Waals surface area contributed by atoms with Gasteiger partial charge >= 0.3 is 0 Å². The molecule has 2 unspecified atom stereocenters. The molecule has 0 saturated carbocycles. The number of nitrogens with zero attached hydrogens (tertiary/aromatic N) is 1. The summed E-state index contributed by atoms with van der Waals surface area (Å²) in [7, 11) is 0. The van der Waals surface area contributed by atoms with Gasteiger partial charge in [-0.25, -0.2) is 0 Å². The summed E-state index contributed by atoms with van der Waals surface area (Å²) in [5.41, 5.74) is -0.298. The monoisotopic (exact) mass is 292 g/mol. The number of carbonyl (C=O) groups is 2. The molecule has 3 rings (SSSR count). The normalized spacial score (nSPS) is 29.3. The summed E-state index contributed by atoms with van der Waals surface area (Å²) in [5, 5.41) is 13.8. The second-order valence-corrected chi connectivity index (χ2v) is 6.07. The number of amides is 2. The highest BCUT2D eigenvalue weighted by Gasteiger charge is 2.54. The van der Waals surface area contributed by atoms with Gasteiger partial charge in [0.15, 0.2) is 5.72 Å². The number of thioether (sulfide) groups is 1. The first-order chi connectivity index (χ1) is 9.59. The third kappa shape index (κ3) is 1.75. The van der Waals surface area contributed by atoms with E-state index in [-0.39, 0.29) is 23.6 Å². The molecule has 1 fully saturated rings. The van der Waals surface area contributed by atoms with Crippen molar-refractivity contribution in [1.29, 1.82) is 0 Å². The van der Waals surface area contributed by atoms with Crippen molar-refractivity contribution in [3.8, 4) is 0 Å². The zero-order valence-corrected chi connectivity index (χ0v) is 11.9. The maximum absolute atomic E-state index is 12.5. The zero-order valence-electron chi connectivity index (χ0n) is 11.1. The standard InChI is InChI=1S/C14H16N2O3S/c1-20-11-6-7-15-12(17)8-16-13(18)9-4-2-3-5-10(9)14(11,16)19/h2-5,11,19H,6-8H2,1H3,(H,15,17). The fourth-order valence-electron chi connectivity index (χ4n) is 3.00. The molecule has 0 aliphatic carbocycles. The van der Waals surface area contributed by atoms with Gasteiger partial charge in [-0.05, 0) is 18.7 Å². The minimum atomic E-state index is -1.40. The van der Waals surface area contributed by atoms with E-state index in [0.29, 0.717) is 24.1 Å². The molecule has 106 valence electrons. The molecule has 1 aromatic rings. The lowest BCUT2D eigenvalue weighted by Crippen LogP contribution is -2.56. The summed E-state index contributed by atoms with van der Waals surface area (Å²) < 4.78 is 0. The highest BCUT2D eigenvalue weighted by Crippen LogP contribution is 2.44. The third-order valence-corrected chi connectivity index (χ3v) is 5.11. The van der Waals surface area contributed by atoms with E-state index in [1.807, 2.05) is 12.3 Å². The first-order valence-corrected chi connectivity index (χ1v) is 7.81. The Morgan fingerprint density at radius 3 is 2.90 bits per heavy atom. The van der Waals surface area contributed by atoms with E-state index in [0.717, 1.165) is 0 Å². The van der Waals surface area contributed by atoms with Gasteiger partial charge < -0.3 is 10.4 Å². The van der Waals surface area contributed by atoms with Gasteiger partial charge in [0.2, 0.25) is 5.91 Å². The van der Waals surface area contributed by atoms with E-state index in [2.05, 4.69) is 5.32 Å². The molecule has 20 heavy (non-hydrogen) atoms. The first-order valence-electron chi connectivity index (χ1n) is 6.52. The van der Waals surface area contributed by atoms with Gasteiger partial charge in [0.25, 0.3) is 5.91 Å². The van der Waals surface area contributed by atoms with Crippen LogP contribution in [0.5, 0.6) is 0 Å². The Labute approximate surface area is 121 Å². The van der Waals surface area contributed by atoms with Crippen LogP contribution in [-0.4, -0.2) is 46.4 Å². The Morgan fingerprint density at radius 2 is 2.15 bits per heavy atom. The average Bonchev–Trinajstić information content (AvgIpc) is 2.65. The van der Waals surface area contributed by atoms with Crippen LogP contribution in [0.4, 0.5) is 0 Å². The molecule has 2 heterocycles. The van der Waals surface area contributed by atoms with Crippen molar-refractivity contribution < 1.29 is 14.7 Å². The summed E-state index contributed by atoms with van der Waals surface area (Å²) in [6.07, 6.45) is 2.52. The van der Waals surface area contributed by atoms with Crippen LogP contribution in [0.3, 0.4) is 0 Å². The van der Waals surface area contributed by atoms with E-state index >= 15 is 0 Å². The van der Waals surface area contributed by atoms with Crippen LogP contribution in [0, 0.1) is 0 Å². The first kappa shape index (κ1) is 13.5. The van der Waals surface area contributed by atoms with Crippen LogP contribution in [0.25, 0.3) is 0 Å². The molecule has 0 radical (unpaired) electrons. The Morgan fingerprint density at radius 1 is 1.40 bits per heavy atom. The minimum absolute atomic E-state index is 0.110. The summed E-state index contributed by atoms with van der Waals surface area (Å²) in [4.78, 5) is 25.6. The molecular formula is C14H16N2O3S. The van der Waals surface area contributed by atoms with Gasteiger partial charge in [0.1, 0.15) is 6.54 Å². The molecule has 6 heteroatoms. The molecule has 0 bridgehead atoms. The number of hydrogen-bond acceptors (Lipinski definition) is 4. The van der Waals surface area contributed by atoms with E-state index < -0.39 is 5.72 Å². The van der Waals surface area contributed by atoms with Crippen molar-refractivity contribution >= 4 is 23.6 Å². The fourth-order valence-corrected chi connectivity index (χ4v) is 3.94. The van der Waals surface area contributed by atoms with Gasteiger partial charge in [-0.15, -0.1) is 0 Å². The van der Waals surface area contributed by atoms with Gasteiger partial charge in [-0.2, -0.15) is 11.8 Å². The number of benzene rings is 1. The number of fused-ring (bicyclic) bond motifs is 3. The van der Waals surface area contributed by atoms with Crippen LogP contribution < -0.4 is 5.32 Å². The topological polar surface area (TPSA) is 69.6 Å². The molecule has 2 atom stereocenters. The summed E-state index contributed by atoms with van der Waals surface area (Å²) >= 11 is 1.52. The lowest BCUT2D eigenvalue weighted by Gasteiger charge is -2.41. The van der Waals surface area contributed by atoms with Crippen molar-refractivity contribution in [3.05, 3.63) is 35.4 Å². The highest BCUT2D eigenvalue weighted by molar-refractivity contribution is 7.99. The smallest absolute Gasteiger partial charge is 0.257 e. The van der Waals surface area contributed by atoms with Crippen molar-refractivity contribution in [1.82, 2.24) is 10.2 Å². The van der Waals surface area contributed by atoms with Gasteiger partial charge in [-0.1, -0.05) is 18.2 Å². The van der Waals surface area contributed by atoms with Crippen LogP contribution in [0.2, 0.25) is 0 Å². The molecule has 2 amide bonds. The number of carbonyl (C=O) groups excluding carboxylic acids is 2. The maximum atomic E-state index is 12.5. The van der Waals surface area contributed by atoms with Crippen LogP contribution in [0.1, 0.15) is 22.3 Å². The Kier molecular flexibility index (Phi) is 3.22. The number of nitrogens with one attached hydrogen (secondary N) is 1. The third-order valence-electron chi connectivity index (χ3n) is 3.97. The van der Waals surface area contributed by atoms with Crippen molar-refractivity contribution in [2.24, 2.45) is 0 Å². The van der Waals surface area contributed by atoms with Gasteiger partial charge in [0.05, 0.1) is 5.25 Å². The minimum Gasteiger partial charge on any atom is -0.366 e. The summed E-state index contributed by atoms with van der Waals surface area (Å²) in [6.45, 7) is 0.401. The van der Waals surface area contributed by atoms with Crippen molar-refractivity contribution in [2.75, 3.05) is 19.3 Å². The average molecular weight is 292 g/mol. The predicted octanol–water partition coefficient (Wildman–Crippen LogP) is 0.539. The van der Waals surface area contributed by atoms with Crippen molar-refractivity contribution in [2.45, 2.75) is 17.4 Å². The second kappa shape index (κ2) is 4.79. The Bertz CT molecular complexity index is 577. The lowest BCUT2D eigenvalue weighted by atomic mass is 9.95. The Hall–Kier alpha value is -1.53. The second-order valence-electron chi connectivity index (χ2n) is 5.03. The van der Waals surface area contributed by atoms with Crippen molar-refractivity contribution in [3.63, 3.8) is 0 Å². The van der Waals surface area contributed by atoms with Crippen LogP contribution in [-0.2, 0) is 10.5 Å². The predicted molar refractivity (Wildman–Crippen MR) is 76.3 cm³/mol. The maximum Gasteiger partial charge on any atom is 0.257 e. The molecule has 5 nitrogen and oxygen atoms in total. The van der Waals surface area contributed by atoms with E-state index in [1.165, 1.54) is 16.7 Å².